The number of amides is 2. The molecule has 0 unspecified atom stereocenters. The fourth-order valence-corrected chi connectivity index (χ4v) is 2.69. The van der Waals surface area contributed by atoms with Crippen LogP contribution in [0.2, 0.25) is 0 Å². The molecule has 24 heavy (non-hydrogen) atoms. The molecule has 0 aliphatic carbocycles. The van der Waals surface area contributed by atoms with Gasteiger partial charge >= 0.3 is 18.0 Å². The Morgan fingerprint density at radius 2 is 2.04 bits per heavy atom. The minimum atomic E-state index is -4.24. The van der Waals surface area contributed by atoms with Crippen molar-refractivity contribution in [1.82, 2.24) is 14.8 Å². The molecule has 1 fully saturated rings. The Morgan fingerprint density at radius 3 is 2.58 bits per heavy atom. The zero-order valence-electron chi connectivity index (χ0n) is 13.2. The molecule has 9 heteroatoms. The molecule has 2 amide bonds. The normalized spacial score (nSPS) is 16.3. The van der Waals surface area contributed by atoms with Crippen LogP contribution in [0.4, 0.5) is 18.9 Å². The maximum atomic E-state index is 12.4. The SMILES string of the molecule is CN(CC(F)(F)F)C1CCN(C(=O)C(=O)Nc2cccnc2)CC1. The van der Waals surface area contributed by atoms with Gasteiger partial charge in [0.1, 0.15) is 0 Å². The molecule has 1 N–H and O–H groups in total. The molecule has 2 heterocycles. The van der Waals surface area contributed by atoms with Gasteiger partial charge in [-0.25, -0.2) is 0 Å². The van der Waals surface area contributed by atoms with Crippen molar-refractivity contribution in [2.75, 3.05) is 32.0 Å². The van der Waals surface area contributed by atoms with Crippen molar-refractivity contribution < 1.29 is 22.8 Å². The first-order chi connectivity index (χ1) is 11.3. The van der Waals surface area contributed by atoms with Crippen molar-refractivity contribution in [1.29, 1.82) is 0 Å². The predicted molar refractivity (Wildman–Crippen MR) is 81.2 cm³/mol. The Kier molecular flexibility index (Phi) is 5.76. The van der Waals surface area contributed by atoms with E-state index in [1.54, 1.807) is 18.3 Å². The number of pyridine rings is 1. The topological polar surface area (TPSA) is 65.5 Å². The molecule has 0 radical (unpaired) electrons. The Hall–Kier alpha value is -2.16. The molecule has 0 atom stereocenters. The van der Waals surface area contributed by atoms with Crippen LogP contribution in [0, 0.1) is 0 Å². The van der Waals surface area contributed by atoms with Crippen molar-refractivity contribution in [3.05, 3.63) is 24.5 Å². The first-order valence-corrected chi connectivity index (χ1v) is 7.53. The molecule has 1 aliphatic heterocycles. The summed E-state index contributed by atoms with van der Waals surface area (Å²) in [5, 5.41) is 2.45. The number of alkyl halides is 3. The monoisotopic (exact) mass is 344 g/mol. The summed E-state index contributed by atoms with van der Waals surface area (Å²) in [6, 6.07) is 2.98. The minimum Gasteiger partial charge on any atom is -0.334 e. The number of nitrogens with zero attached hydrogens (tertiary/aromatic N) is 3. The summed E-state index contributed by atoms with van der Waals surface area (Å²) in [7, 11) is 1.42. The van der Waals surface area contributed by atoms with Crippen LogP contribution < -0.4 is 5.32 Å². The van der Waals surface area contributed by atoms with Crippen molar-refractivity contribution in [2.45, 2.75) is 25.1 Å². The van der Waals surface area contributed by atoms with E-state index in [9.17, 15) is 22.8 Å². The molecular weight excluding hydrogens is 325 g/mol. The lowest BCUT2D eigenvalue weighted by molar-refractivity contribution is -0.151. The second-order valence-corrected chi connectivity index (χ2v) is 5.75. The van der Waals surface area contributed by atoms with Gasteiger partial charge in [0.25, 0.3) is 0 Å². The zero-order chi connectivity index (χ0) is 17.7. The van der Waals surface area contributed by atoms with Crippen LogP contribution in [0.1, 0.15) is 12.8 Å². The lowest BCUT2D eigenvalue weighted by atomic mass is 10.0. The Labute approximate surface area is 137 Å². The summed E-state index contributed by atoms with van der Waals surface area (Å²) < 4.78 is 37.2. The van der Waals surface area contributed by atoms with E-state index in [2.05, 4.69) is 10.3 Å². The molecule has 1 aliphatic rings. The number of anilines is 1. The smallest absolute Gasteiger partial charge is 0.334 e. The molecule has 0 spiro atoms. The first-order valence-electron chi connectivity index (χ1n) is 7.53. The number of hydrogen-bond donors (Lipinski definition) is 1. The maximum Gasteiger partial charge on any atom is 0.401 e. The van der Waals surface area contributed by atoms with Gasteiger partial charge in [0, 0.05) is 25.3 Å². The molecule has 6 nitrogen and oxygen atoms in total. The Morgan fingerprint density at radius 1 is 1.38 bits per heavy atom. The molecule has 1 aromatic rings. The molecular formula is C15H19F3N4O2. The van der Waals surface area contributed by atoms with Crippen molar-refractivity contribution >= 4 is 17.5 Å². The molecule has 0 saturated carbocycles. The number of carbonyl (C=O) groups is 2. The van der Waals surface area contributed by atoms with Crippen LogP contribution in [0.25, 0.3) is 0 Å². The standard InChI is InChI=1S/C15H19F3N4O2/c1-21(10-15(16,17)18)12-4-7-22(8-5-12)14(24)13(23)20-11-3-2-6-19-9-11/h2-3,6,9,12H,4-5,7-8,10H2,1H3,(H,20,23). The lowest BCUT2D eigenvalue weighted by Gasteiger charge is -2.36. The van der Waals surface area contributed by atoms with Gasteiger partial charge < -0.3 is 10.2 Å². The number of nitrogens with one attached hydrogen (secondary N) is 1. The fraction of sp³-hybridized carbons (Fsp3) is 0.533. The van der Waals surface area contributed by atoms with Gasteiger partial charge in [-0.1, -0.05) is 0 Å². The van der Waals surface area contributed by atoms with Crippen LogP contribution in [0.5, 0.6) is 0 Å². The number of hydrogen-bond acceptors (Lipinski definition) is 4. The van der Waals surface area contributed by atoms with E-state index in [4.69, 9.17) is 0 Å². The Bertz CT molecular complexity index is 572. The summed E-state index contributed by atoms with van der Waals surface area (Å²) >= 11 is 0. The summed E-state index contributed by atoms with van der Waals surface area (Å²) in [4.78, 5) is 30.5. The van der Waals surface area contributed by atoms with Crippen molar-refractivity contribution in [3.8, 4) is 0 Å². The van der Waals surface area contributed by atoms with Crippen molar-refractivity contribution in [3.63, 3.8) is 0 Å². The molecule has 1 aromatic heterocycles. The fourth-order valence-electron chi connectivity index (χ4n) is 2.69. The zero-order valence-corrected chi connectivity index (χ0v) is 13.2. The Balaban J connectivity index is 1.83. The number of rotatable bonds is 3. The lowest BCUT2D eigenvalue weighted by Crippen LogP contribution is -2.49. The van der Waals surface area contributed by atoms with Crippen molar-refractivity contribution in [2.24, 2.45) is 0 Å². The quantitative estimate of drug-likeness (QED) is 0.844. The van der Waals surface area contributed by atoms with Gasteiger partial charge in [0.2, 0.25) is 0 Å². The number of piperidine rings is 1. The molecule has 0 aromatic carbocycles. The second kappa shape index (κ2) is 7.61. The van der Waals surface area contributed by atoms with E-state index < -0.39 is 24.5 Å². The highest BCUT2D eigenvalue weighted by atomic mass is 19.4. The highest BCUT2D eigenvalue weighted by molar-refractivity contribution is 6.39. The largest absolute Gasteiger partial charge is 0.401 e. The number of aromatic nitrogens is 1. The second-order valence-electron chi connectivity index (χ2n) is 5.75. The van der Waals surface area contributed by atoms with Crippen LogP contribution in [-0.4, -0.2) is 65.5 Å². The predicted octanol–water partition coefficient (Wildman–Crippen LogP) is 1.51. The van der Waals surface area contributed by atoms with E-state index >= 15 is 0 Å². The summed E-state index contributed by atoms with van der Waals surface area (Å²) in [6.45, 7) is -0.467. The van der Waals surface area contributed by atoms with Gasteiger partial charge in [-0.2, -0.15) is 13.2 Å². The van der Waals surface area contributed by atoms with Crippen LogP contribution in [-0.2, 0) is 9.59 Å². The summed E-state index contributed by atoms with van der Waals surface area (Å²) in [6.07, 6.45) is -0.481. The number of likely N-dealkylation sites (tertiary alicyclic amines) is 1. The summed E-state index contributed by atoms with van der Waals surface area (Å²) in [5.74, 6) is -1.46. The van der Waals surface area contributed by atoms with E-state index in [0.29, 0.717) is 18.5 Å². The van der Waals surface area contributed by atoms with Crippen LogP contribution in [0.3, 0.4) is 0 Å². The highest BCUT2D eigenvalue weighted by Gasteiger charge is 2.34. The van der Waals surface area contributed by atoms with Gasteiger partial charge in [0.15, 0.2) is 0 Å². The summed E-state index contributed by atoms with van der Waals surface area (Å²) in [5.41, 5.74) is 0.413. The van der Waals surface area contributed by atoms with Gasteiger partial charge in [0.05, 0.1) is 18.4 Å². The minimum absolute atomic E-state index is 0.253. The van der Waals surface area contributed by atoms with Crippen LogP contribution >= 0.6 is 0 Å². The molecule has 1 saturated heterocycles. The average Bonchev–Trinajstić information content (AvgIpc) is 2.53. The van der Waals surface area contributed by atoms with E-state index in [1.807, 2.05) is 0 Å². The third kappa shape index (κ3) is 5.19. The van der Waals surface area contributed by atoms with Gasteiger partial charge in [-0.05, 0) is 32.0 Å². The maximum absolute atomic E-state index is 12.4. The number of halogens is 3. The van der Waals surface area contributed by atoms with E-state index in [0.717, 1.165) is 0 Å². The first kappa shape index (κ1) is 18.2. The third-order valence-electron chi connectivity index (χ3n) is 3.92. The average molecular weight is 344 g/mol. The number of carbonyl (C=O) groups excluding carboxylic acids is 2. The van der Waals surface area contributed by atoms with Gasteiger partial charge in [-0.3, -0.25) is 19.5 Å². The molecule has 0 bridgehead atoms. The van der Waals surface area contributed by atoms with Gasteiger partial charge in [-0.15, -0.1) is 0 Å². The third-order valence-corrected chi connectivity index (χ3v) is 3.92. The van der Waals surface area contributed by atoms with E-state index in [-0.39, 0.29) is 19.1 Å². The molecule has 2 rings (SSSR count). The van der Waals surface area contributed by atoms with Crippen LogP contribution in [0.15, 0.2) is 24.5 Å². The van der Waals surface area contributed by atoms with E-state index in [1.165, 1.54) is 23.0 Å². The highest BCUT2D eigenvalue weighted by Crippen LogP contribution is 2.21. The molecule has 132 valence electrons.